The summed E-state index contributed by atoms with van der Waals surface area (Å²) in [5.74, 6) is 1.28. The number of nitrogens with zero attached hydrogens (tertiary/aromatic N) is 1. The zero-order valence-corrected chi connectivity index (χ0v) is 13.7. The second-order valence-electron chi connectivity index (χ2n) is 4.51. The molecule has 0 aliphatic rings. The lowest BCUT2D eigenvalue weighted by molar-refractivity contribution is 0.668. The van der Waals surface area contributed by atoms with Crippen LogP contribution in [0.3, 0.4) is 0 Å². The van der Waals surface area contributed by atoms with Gasteiger partial charge in [0.05, 0.1) is 5.56 Å². The molecule has 106 valence electrons. The van der Waals surface area contributed by atoms with Gasteiger partial charge in [0.1, 0.15) is 5.84 Å². The summed E-state index contributed by atoms with van der Waals surface area (Å²) < 4.78 is 0. The lowest BCUT2D eigenvalue weighted by Gasteiger charge is -2.29. The Morgan fingerprint density at radius 1 is 1.42 bits per heavy atom. The van der Waals surface area contributed by atoms with Gasteiger partial charge in [-0.2, -0.15) is 11.8 Å². The maximum absolute atomic E-state index is 7.83. The quantitative estimate of drug-likeness (QED) is 0.461. The van der Waals surface area contributed by atoms with E-state index in [2.05, 4.69) is 25.1 Å². The van der Waals surface area contributed by atoms with Crippen LogP contribution in [-0.4, -0.2) is 37.2 Å². The van der Waals surface area contributed by atoms with Crippen LogP contribution in [0.4, 0.5) is 5.69 Å². The normalized spacial score (nSPS) is 12.2. The van der Waals surface area contributed by atoms with E-state index in [9.17, 15) is 0 Å². The van der Waals surface area contributed by atoms with Gasteiger partial charge in [0, 0.05) is 23.7 Å². The standard InChI is InChI=1S/C14H23N3S2/c1-10(8-9-18-3)17(2)11-6-5-7-12(19-4)13(11)14(15)16/h5-7,10H,8-9H2,1-4H3,(H3,15,16). The number of hydrogen-bond donors (Lipinski definition) is 2. The molecule has 0 amide bonds. The van der Waals surface area contributed by atoms with Crippen LogP contribution in [0.5, 0.6) is 0 Å². The van der Waals surface area contributed by atoms with Crippen LogP contribution >= 0.6 is 23.5 Å². The summed E-state index contributed by atoms with van der Waals surface area (Å²) >= 11 is 3.50. The number of nitrogens with two attached hydrogens (primary N) is 1. The van der Waals surface area contributed by atoms with Crippen LogP contribution in [0.2, 0.25) is 0 Å². The maximum atomic E-state index is 7.83. The zero-order valence-electron chi connectivity index (χ0n) is 12.1. The molecule has 1 aromatic carbocycles. The van der Waals surface area contributed by atoms with Crippen molar-refractivity contribution in [1.29, 1.82) is 5.41 Å². The minimum Gasteiger partial charge on any atom is -0.384 e. The van der Waals surface area contributed by atoms with Gasteiger partial charge >= 0.3 is 0 Å². The molecule has 0 spiro atoms. The number of hydrogen-bond acceptors (Lipinski definition) is 4. The second kappa shape index (κ2) is 7.70. The van der Waals surface area contributed by atoms with Gasteiger partial charge in [0.2, 0.25) is 0 Å². The molecule has 1 atom stereocenters. The van der Waals surface area contributed by atoms with E-state index in [1.165, 1.54) is 0 Å². The van der Waals surface area contributed by atoms with E-state index in [1.54, 1.807) is 11.8 Å². The first kappa shape index (κ1) is 16.2. The van der Waals surface area contributed by atoms with Crippen molar-refractivity contribution in [1.82, 2.24) is 0 Å². The first-order valence-corrected chi connectivity index (χ1v) is 8.88. The number of benzene rings is 1. The van der Waals surface area contributed by atoms with Gasteiger partial charge in [-0.15, -0.1) is 11.8 Å². The molecule has 3 N–H and O–H groups in total. The number of rotatable bonds is 7. The molecule has 5 heteroatoms. The van der Waals surface area contributed by atoms with Crippen molar-refractivity contribution in [3.63, 3.8) is 0 Å². The van der Waals surface area contributed by atoms with Crippen LogP contribution in [0.25, 0.3) is 0 Å². The predicted molar refractivity (Wildman–Crippen MR) is 90.1 cm³/mol. The lowest BCUT2D eigenvalue weighted by Crippen LogP contribution is -2.31. The highest BCUT2D eigenvalue weighted by Gasteiger charge is 2.17. The molecule has 0 aromatic heterocycles. The van der Waals surface area contributed by atoms with E-state index in [1.807, 2.05) is 36.2 Å². The van der Waals surface area contributed by atoms with Crippen molar-refractivity contribution in [3.05, 3.63) is 23.8 Å². The van der Waals surface area contributed by atoms with E-state index in [-0.39, 0.29) is 5.84 Å². The molecule has 3 nitrogen and oxygen atoms in total. The summed E-state index contributed by atoms with van der Waals surface area (Å²) in [4.78, 5) is 3.29. The fourth-order valence-corrected chi connectivity index (χ4v) is 3.18. The second-order valence-corrected chi connectivity index (χ2v) is 6.34. The van der Waals surface area contributed by atoms with Crippen molar-refractivity contribution in [2.45, 2.75) is 24.3 Å². The highest BCUT2D eigenvalue weighted by Crippen LogP contribution is 2.30. The van der Waals surface area contributed by atoms with Crippen LogP contribution in [-0.2, 0) is 0 Å². The highest BCUT2D eigenvalue weighted by atomic mass is 32.2. The van der Waals surface area contributed by atoms with Crippen LogP contribution < -0.4 is 10.6 Å². The monoisotopic (exact) mass is 297 g/mol. The average Bonchev–Trinajstić information content (AvgIpc) is 2.42. The molecule has 0 aliphatic heterocycles. The van der Waals surface area contributed by atoms with Gasteiger partial charge in [-0.05, 0) is 43.7 Å². The molecule has 0 saturated heterocycles. The van der Waals surface area contributed by atoms with E-state index in [0.29, 0.717) is 6.04 Å². The van der Waals surface area contributed by atoms with E-state index in [4.69, 9.17) is 11.1 Å². The van der Waals surface area contributed by atoms with Crippen molar-refractivity contribution in [3.8, 4) is 0 Å². The van der Waals surface area contributed by atoms with Gasteiger partial charge in [-0.1, -0.05) is 6.07 Å². The number of anilines is 1. The molecule has 1 unspecified atom stereocenters. The molecule has 0 aliphatic carbocycles. The molecule has 0 heterocycles. The number of amidine groups is 1. The molecular formula is C14H23N3S2. The Labute approximate surface area is 124 Å². The molecule has 0 bridgehead atoms. The Morgan fingerprint density at radius 2 is 2.11 bits per heavy atom. The lowest BCUT2D eigenvalue weighted by atomic mass is 10.1. The van der Waals surface area contributed by atoms with E-state index >= 15 is 0 Å². The molecule has 0 radical (unpaired) electrons. The summed E-state index contributed by atoms with van der Waals surface area (Å²) in [6.45, 7) is 2.21. The Balaban J connectivity index is 3.08. The van der Waals surface area contributed by atoms with Gasteiger partial charge in [0.25, 0.3) is 0 Å². The van der Waals surface area contributed by atoms with E-state index < -0.39 is 0 Å². The molecular weight excluding hydrogens is 274 g/mol. The van der Waals surface area contributed by atoms with E-state index in [0.717, 1.165) is 28.3 Å². The third-order valence-corrected chi connectivity index (χ3v) is 4.70. The number of thioether (sulfide) groups is 2. The zero-order chi connectivity index (χ0) is 14.4. The SMILES string of the molecule is CSCCC(C)N(C)c1cccc(SC)c1C(=N)N. The van der Waals surface area contributed by atoms with Gasteiger partial charge in [-0.25, -0.2) is 0 Å². The Kier molecular flexibility index (Phi) is 6.58. The van der Waals surface area contributed by atoms with Crippen molar-refractivity contribution in [2.75, 3.05) is 30.2 Å². The van der Waals surface area contributed by atoms with Crippen molar-refractivity contribution < 1.29 is 0 Å². The molecule has 0 fully saturated rings. The fraction of sp³-hybridized carbons (Fsp3) is 0.500. The Bertz CT molecular complexity index is 435. The van der Waals surface area contributed by atoms with Gasteiger partial charge in [-0.3, -0.25) is 5.41 Å². The first-order valence-electron chi connectivity index (χ1n) is 6.26. The fourth-order valence-electron chi connectivity index (χ4n) is 1.97. The summed E-state index contributed by atoms with van der Waals surface area (Å²) in [5.41, 5.74) is 7.67. The first-order chi connectivity index (χ1) is 9.02. The van der Waals surface area contributed by atoms with Crippen LogP contribution in [0.15, 0.2) is 23.1 Å². The summed E-state index contributed by atoms with van der Waals surface area (Å²) in [6.07, 6.45) is 5.27. The topological polar surface area (TPSA) is 53.1 Å². The summed E-state index contributed by atoms with van der Waals surface area (Å²) in [7, 11) is 2.08. The largest absolute Gasteiger partial charge is 0.384 e. The highest BCUT2D eigenvalue weighted by molar-refractivity contribution is 7.98. The Hall–Kier alpha value is -0.810. The molecule has 19 heavy (non-hydrogen) atoms. The molecule has 1 rings (SSSR count). The molecule has 1 aromatic rings. The smallest absolute Gasteiger partial charge is 0.126 e. The van der Waals surface area contributed by atoms with Crippen molar-refractivity contribution >= 4 is 35.0 Å². The summed E-state index contributed by atoms with van der Waals surface area (Å²) in [5, 5.41) is 7.83. The maximum Gasteiger partial charge on any atom is 0.126 e. The third-order valence-electron chi connectivity index (χ3n) is 3.27. The van der Waals surface area contributed by atoms with Crippen LogP contribution in [0, 0.1) is 5.41 Å². The number of nitrogens with one attached hydrogen (secondary N) is 1. The molecule has 0 saturated carbocycles. The van der Waals surface area contributed by atoms with Crippen LogP contribution in [0.1, 0.15) is 18.9 Å². The third kappa shape index (κ3) is 4.08. The number of nitrogen functional groups attached to an aromatic ring is 1. The summed E-state index contributed by atoms with van der Waals surface area (Å²) in [6, 6.07) is 6.53. The average molecular weight is 297 g/mol. The minimum absolute atomic E-state index is 0.142. The predicted octanol–water partition coefficient (Wildman–Crippen LogP) is 3.27. The Morgan fingerprint density at radius 3 is 2.63 bits per heavy atom. The van der Waals surface area contributed by atoms with Gasteiger partial charge < -0.3 is 10.6 Å². The minimum atomic E-state index is 0.142. The van der Waals surface area contributed by atoms with Gasteiger partial charge in [0.15, 0.2) is 0 Å². The van der Waals surface area contributed by atoms with Crippen molar-refractivity contribution in [2.24, 2.45) is 5.73 Å².